The molecule has 1 rings (SSSR count). The fourth-order valence-corrected chi connectivity index (χ4v) is 1.21. The molecule has 0 saturated carbocycles. The second-order valence-corrected chi connectivity index (χ2v) is 3.02. The molecule has 0 amide bonds. The van der Waals surface area contributed by atoms with Crippen LogP contribution in [0.15, 0.2) is 12.4 Å². The first-order chi connectivity index (χ1) is 6.81. The molecule has 14 heavy (non-hydrogen) atoms. The predicted octanol–water partition coefficient (Wildman–Crippen LogP) is 1.95. The summed E-state index contributed by atoms with van der Waals surface area (Å²) in [5, 5.41) is 12.0. The SMILES string of the molecule is CCC(CC)Nc1nccnc1C#N. The maximum Gasteiger partial charge on any atom is 0.182 e. The van der Waals surface area contributed by atoms with Gasteiger partial charge in [-0.25, -0.2) is 9.97 Å². The van der Waals surface area contributed by atoms with Gasteiger partial charge in [-0.1, -0.05) is 13.8 Å². The molecule has 1 N–H and O–H groups in total. The maximum atomic E-state index is 8.78. The van der Waals surface area contributed by atoms with Crippen LogP contribution in [0.1, 0.15) is 32.4 Å². The summed E-state index contributed by atoms with van der Waals surface area (Å²) in [6.07, 6.45) is 5.14. The number of hydrogen-bond donors (Lipinski definition) is 1. The van der Waals surface area contributed by atoms with Crippen LogP contribution in [0.3, 0.4) is 0 Å². The summed E-state index contributed by atoms with van der Waals surface area (Å²) in [5.41, 5.74) is 0.361. The van der Waals surface area contributed by atoms with Gasteiger partial charge in [0.1, 0.15) is 6.07 Å². The van der Waals surface area contributed by atoms with Crippen LogP contribution in [0.4, 0.5) is 5.82 Å². The lowest BCUT2D eigenvalue weighted by Gasteiger charge is -2.15. The predicted molar refractivity (Wildman–Crippen MR) is 54.7 cm³/mol. The summed E-state index contributed by atoms with van der Waals surface area (Å²) in [7, 11) is 0. The Morgan fingerprint density at radius 2 is 2.00 bits per heavy atom. The Morgan fingerprint density at radius 1 is 1.36 bits per heavy atom. The fourth-order valence-electron chi connectivity index (χ4n) is 1.21. The lowest BCUT2D eigenvalue weighted by molar-refractivity contribution is 0.667. The van der Waals surface area contributed by atoms with Gasteiger partial charge in [0, 0.05) is 18.4 Å². The molecule has 0 saturated heterocycles. The molecule has 1 aromatic heterocycles. The van der Waals surface area contributed by atoms with Crippen LogP contribution in [0.25, 0.3) is 0 Å². The van der Waals surface area contributed by atoms with E-state index in [-0.39, 0.29) is 0 Å². The summed E-state index contributed by atoms with van der Waals surface area (Å²) < 4.78 is 0. The number of nitrogens with zero attached hydrogens (tertiary/aromatic N) is 3. The number of hydrogen-bond acceptors (Lipinski definition) is 4. The van der Waals surface area contributed by atoms with Gasteiger partial charge >= 0.3 is 0 Å². The Hall–Kier alpha value is -1.63. The van der Waals surface area contributed by atoms with Crippen molar-refractivity contribution in [2.24, 2.45) is 0 Å². The molecule has 0 aliphatic carbocycles. The van der Waals surface area contributed by atoms with Gasteiger partial charge in [-0.05, 0) is 12.8 Å². The van der Waals surface area contributed by atoms with Crippen molar-refractivity contribution >= 4 is 5.82 Å². The molecule has 0 aliphatic rings. The van der Waals surface area contributed by atoms with Gasteiger partial charge in [-0.3, -0.25) is 0 Å². The molecule has 0 bridgehead atoms. The Morgan fingerprint density at radius 3 is 2.57 bits per heavy atom. The second kappa shape index (κ2) is 5.18. The highest BCUT2D eigenvalue weighted by Crippen LogP contribution is 2.11. The van der Waals surface area contributed by atoms with Crippen LogP contribution in [0.2, 0.25) is 0 Å². The largest absolute Gasteiger partial charge is 0.365 e. The lowest BCUT2D eigenvalue weighted by atomic mass is 10.2. The highest BCUT2D eigenvalue weighted by molar-refractivity contribution is 5.47. The standard InChI is InChI=1S/C10H14N4/c1-3-8(4-2)14-10-9(7-11)12-5-6-13-10/h5-6,8H,3-4H2,1-2H3,(H,13,14). The second-order valence-electron chi connectivity index (χ2n) is 3.02. The maximum absolute atomic E-state index is 8.78. The van der Waals surface area contributed by atoms with Crippen LogP contribution >= 0.6 is 0 Å². The molecule has 0 spiro atoms. The smallest absolute Gasteiger partial charge is 0.182 e. The Kier molecular flexibility index (Phi) is 3.86. The quantitative estimate of drug-likeness (QED) is 0.788. The van der Waals surface area contributed by atoms with E-state index in [0.717, 1.165) is 12.8 Å². The van der Waals surface area contributed by atoms with Crippen LogP contribution < -0.4 is 5.32 Å². The first-order valence-corrected chi connectivity index (χ1v) is 4.79. The molecule has 0 unspecified atom stereocenters. The van der Waals surface area contributed by atoms with E-state index < -0.39 is 0 Å². The van der Waals surface area contributed by atoms with E-state index in [0.29, 0.717) is 17.6 Å². The summed E-state index contributed by atoms with van der Waals surface area (Å²) >= 11 is 0. The number of rotatable bonds is 4. The first kappa shape index (κ1) is 10.5. The zero-order valence-electron chi connectivity index (χ0n) is 8.49. The van der Waals surface area contributed by atoms with E-state index in [2.05, 4.69) is 29.1 Å². The zero-order chi connectivity index (χ0) is 10.4. The minimum atomic E-state index is 0.360. The lowest BCUT2D eigenvalue weighted by Crippen LogP contribution is -2.18. The zero-order valence-corrected chi connectivity index (χ0v) is 8.49. The summed E-state index contributed by atoms with van der Waals surface area (Å²) in [5.74, 6) is 0.587. The third-order valence-electron chi connectivity index (χ3n) is 2.13. The van der Waals surface area contributed by atoms with Crippen LogP contribution in [-0.2, 0) is 0 Å². The summed E-state index contributed by atoms with van der Waals surface area (Å²) in [4.78, 5) is 8.02. The minimum Gasteiger partial charge on any atom is -0.365 e. The van der Waals surface area contributed by atoms with Crippen molar-refractivity contribution in [1.82, 2.24) is 9.97 Å². The third kappa shape index (κ3) is 2.43. The molecule has 0 aliphatic heterocycles. The van der Waals surface area contributed by atoms with E-state index >= 15 is 0 Å². The van der Waals surface area contributed by atoms with Gasteiger partial charge in [-0.15, -0.1) is 0 Å². The Bertz CT molecular complexity index is 325. The molecule has 4 nitrogen and oxygen atoms in total. The molecule has 0 atom stereocenters. The van der Waals surface area contributed by atoms with Crippen LogP contribution in [0.5, 0.6) is 0 Å². The Balaban J connectivity index is 2.80. The van der Waals surface area contributed by atoms with Gasteiger partial charge in [0.05, 0.1) is 0 Å². The molecule has 4 heteroatoms. The summed E-state index contributed by atoms with van der Waals surface area (Å²) in [6.45, 7) is 4.20. The number of nitriles is 1. The normalized spacial score (nSPS) is 9.86. The van der Waals surface area contributed by atoms with Gasteiger partial charge in [0.15, 0.2) is 11.5 Å². The van der Waals surface area contributed by atoms with Crippen molar-refractivity contribution in [2.45, 2.75) is 32.7 Å². The van der Waals surface area contributed by atoms with Gasteiger partial charge < -0.3 is 5.32 Å². The first-order valence-electron chi connectivity index (χ1n) is 4.79. The van der Waals surface area contributed by atoms with E-state index in [1.807, 2.05) is 6.07 Å². The molecular weight excluding hydrogens is 176 g/mol. The number of nitrogens with one attached hydrogen (secondary N) is 1. The van der Waals surface area contributed by atoms with Crippen LogP contribution in [0, 0.1) is 11.3 Å². The molecule has 0 aromatic carbocycles. The number of aromatic nitrogens is 2. The van der Waals surface area contributed by atoms with Crippen molar-refractivity contribution < 1.29 is 0 Å². The molecule has 0 fully saturated rings. The monoisotopic (exact) mass is 190 g/mol. The van der Waals surface area contributed by atoms with Crippen molar-refractivity contribution in [2.75, 3.05) is 5.32 Å². The van der Waals surface area contributed by atoms with E-state index in [4.69, 9.17) is 5.26 Å². The molecule has 1 heterocycles. The Labute approximate surface area is 84.0 Å². The van der Waals surface area contributed by atoms with E-state index in [1.165, 1.54) is 6.20 Å². The van der Waals surface area contributed by atoms with Crippen molar-refractivity contribution in [3.05, 3.63) is 18.1 Å². The van der Waals surface area contributed by atoms with Gasteiger partial charge in [0.2, 0.25) is 0 Å². The fraction of sp³-hybridized carbons (Fsp3) is 0.500. The minimum absolute atomic E-state index is 0.360. The molecular formula is C10H14N4. The van der Waals surface area contributed by atoms with E-state index in [1.54, 1.807) is 6.20 Å². The third-order valence-corrected chi connectivity index (χ3v) is 2.13. The molecule has 0 radical (unpaired) electrons. The highest BCUT2D eigenvalue weighted by atomic mass is 15.0. The van der Waals surface area contributed by atoms with E-state index in [9.17, 15) is 0 Å². The van der Waals surface area contributed by atoms with Gasteiger partial charge in [-0.2, -0.15) is 5.26 Å². The average molecular weight is 190 g/mol. The van der Waals surface area contributed by atoms with Crippen molar-refractivity contribution in [3.8, 4) is 6.07 Å². The van der Waals surface area contributed by atoms with Gasteiger partial charge in [0.25, 0.3) is 0 Å². The molecule has 74 valence electrons. The topological polar surface area (TPSA) is 61.6 Å². The van der Waals surface area contributed by atoms with Crippen molar-refractivity contribution in [1.29, 1.82) is 5.26 Å². The van der Waals surface area contributed by atoms with Crippen LogP contribution in [-0.4, -0.2) is 16.0 Å². The molecule has 1 aromatic rings. The highest BCUT2D eigenvalue weighted by Gasteiger charge is 2.08. The number of anilines is 1. The average Bonchev–Trinajstić information content (AvgIpc) is 2.26. The summed E-state index contributed by atoms with van der Waals surface area (Å²) in [6, 6.07) is 2.37. The van der Waals surface area contributed by atoms with Crippen molar-refractivity contribution in [3.63, 3.8) is 0 Å².